The number of benzene rings is 2. The molecule has 0 aliphatic heterocycles. The fraction of sp³-hybridized carbons (Fsp3) is 0. The van der Waals surface area contributed by atoms with Crippen LogP contribution >= 0.6 is 15.9 Å². The van der Waals surface area contributed by atoms with E-state index in [-0.39, 0.29) is 11.8 Å². The van der Waals surface area contributed by atoms with Gasteiger partial charge in [0.05, 0.1) is 11.3 Å². The Morgan fingerprint density at radius 2 is 1.48 bits per heavy atom. The summed E-state index contributed by atoms with van der Waals surface area (Å²) in [4.78, 5) is 28.7. The van der Waals surface area contributed by atoms with Gasteiger partial charge in [0.25, 0.3) is 11.8 Å². The molecule has 2 amide bonds. The van der Waals surface area contributed by atoms with Crippen molar-refractivity contribution < 1.29 is 9.59 Å². The van der Waals surface area contributed by atoms with E-state index in [0.29, 0.717) is 22.5 Å². The van der Waals surface area contributed by atoms with Crippen molar-refractivity contribution in [1.82, 2.24) is 4.98 Å². The van der Waals surface area contributed by atoms with Crippen LogP contribution in [0.4, 0.5) is 11.4 Å². The Labute approximate surface area is 153 Å². The molecular weight excluding hydrogens is 382 g/mol. The minimum atomic E-state index is -0.300. The Hall–Kier alpha value is -2.99. The predicted octanol–water partition coefficient (Wildman–Crippen LogP) is 4.35. The maximum absolute atomic E-state index is 12.6. The normalized spacial score (nSPS) is 10.1. The molecule has 0 saturated heterocycles. The minimum absolute atomic E-state index is 0.298. The lowest BCUT2D eigenvalue weighted by Crippen LogP contribution is -2.18. The summed E-state index contributed by atoms with van der Waals surface area (Å²) in [5, 5.41) is 5.59. The largest absolute Gasteiger partial charge is 0.322 e. The Morgan fingerprint density at radius 3 is 2.20 bits per heavy atom. The molecule has 0 aliphatic carbocycles. The summed E-state index contributed by atoms with van der Waals surface area (Å²) in [7, 11) is 0. The highest BCUT2D eigenvalue weighted by atomic mass is 79.9. The van der Waals surface area contributed by atoms with Gasteiger partial charge in [-0.2, -0.15) is 0 Å². The Kier molecular flexibility index (Phi) is 5.20. The number of hydrogen-bond acceptors (Lipinski definition) is 3. The van der Waals surface area contributed by atoms with Crippen molar-refractivity contribution >= 4 is 39.1 Å². The first-order valence-electron chi connectivity index (χ1n) is 7.51. The van der Waals surface area contributed by atoms with Gasteiger partial charge < -0.3 is 10.6 Å². The van der Waals surface area contributed by atoms with Crippen molar-refractivity contribution in [3.63, 3.8) is 0 Å². The summed E-state index contributed by atoms with van der Waals surface area (Å²) in [6.07, 6.45) is 3.09. The van der Waals surface area contributed by atoms with Crippen LogP contribution in [0, 0.1) is 0 Å². The minimum Gasteiger partial charge on any atom is -0.322 e. The number of pyridine rings is 1. The second-order valence-electron chi connectivity index (χ2n) is 5.20. The number of anilines is 2. The van der Waals surface area contributed by atoms with Gasteiger partial charge in [-0.3, -0.25) is 14.6 Å². The van der Waals surface area contributed by atoms with E-state index in [2.05, 4.69) is 31.5 Å². The standard InChI is InChI=1S/C19H14BrN3O2/c20-14-5-7-15(8-6-14)22-19(25)16-3-1-2-4-17(16)23-18(24)13-9-11-21-12-10-13/h1-12H,(H,22,25)(H,23,24). The molecule has 0 spiro atoms. The quantitative estimate of drug-likeness (QED) is 0.689. The molecule has 3 rings (SSSR count). The molecule has 25 heavy (non-hydrogen) atoms. The summed E-state index contributed by atoms with van der Waals surface area (Å²) in [6, 6.07) is 17.3. The van der Waals surface area contributed by atoms with Gasteiger partial charge in [-0.25, -0.2) is 0 Å². The van der Waals surface area contributed by atoms with Gasteiger partial charge in [0.2, 0.25) is 0 Å². The van der Waals surface area contributed by atoms with Crippen molar-refractivity contribution in [2.75, 3.05) is 10.6 Å². The van der Waals surface area contributed by atoms with Crippen molar-refractivity contribution in [2.24, 2.45) is 0 Å². The number of halogens is 1. The highest BCUT2D eigenvalue weighted by Crippen LogP contribution is 2.19. The van der Waals surface area contributed by atoms with Crippen molar-refractivity contribution in [2.45, 2.75) is 0 Å². The number of hydrogen-bond donors (Lipinski definition) is 2. The number of rotatable bonds is 4. The molecule has 0 radical (unpaired) electrons. The average molecular weight is 396 g/mol. The molecule has 0 unspecified atom stereocenters. The van der Waals surface area contributed by atoms with E-state index in [1.165, 1.54) is 0 Å². The first kappa shape index (κ1) is 16.9. The summed E-state index contributed by atoms with van der Waals surface area (Å²) in [5.74, 6) is -0.598. The molecule has 6 heteroatoms. The molecule has 0 atom stereocenters. The lowest BCUT2D eigenvalue weighted by atomic mass is 10.1. The lowest BCUT2D eigenvalue weighted by molar-refractivity contribution is 0.102. The van der Waals surface area contributed by atoms with E-state index in [1.54, 1.807) is 60.9 Å². The first-order valence-corrected chi connectivity index (χ1v) is 8.30. The molecule has 0 bridgehead atoms. The van der Waals surface area contributed by atoms with Crippen LogP contribution < -0.4 is 10.6 Å². The summed E-state index contributed by atoms with van der Waals surface area (Å²) in [6.45, 7) is 0. The second kappa shape index (κ2) is 7.72. The zero-order chi connectivity index (χ0) is 17.6. The molecule has 0 aliphatic rings. The van der Waals surface area contributed by atoms with Crippen LogP contribution in [0.5, 0.6) is 0 Å². The van der Waals surface area contributed by atoms with Crippen molar-refractivity contribution in [3.05, 3.63) is 88.7 Å². The monoisotopic (exact) mass is 395 g/mol. The van der Waals surface area contributed by atoms with Gasteiger partial charge in [-0.05, 0) is 48.5 Å². The van der Waals surface area contributed by atoms with Crippen LogP contribution in [0.25, 0.3) is 0 Å². The van der Waals surface area contributed by atoms with E-state index in [9.17, 15) is 9.59 Å². The maximum atomic E-state index is 12.6. The topological polar surface area (TPSA) is 71.1 Å². The van der Waals surface area contributed by atoms with Gasteiger partial charge in [-0.15, -0.1) is 0 Å². The van der Waals surface area contributed by atoms with Crippen LogP contribution in [0.3, 0.4) is 0 Å². The third-order valence-electron chi connectivity index (χ3n) is 3.46. The molecule has 3 aromatic rings. The maximum Gasteiger partial charge on any atom is 0.257 e. The highest BCUT2D eigenvalue weighted by Gasteiger charge is 2.14. The SMILES string of the molecule is O=C(Nc1ccccc1C(=O)Nc1ccc(Br)cc1)c1ccncc1. The molecule has 1 aromatic heterocycles. The van der Waals surface area contributed by atoms with Gasteiger partial charge in [0.15, 0.2) is 0 Å². The highest BCUT2D eigenvalue weighted by molar-refractivity contribution is 9.10. The zero-order valence-electron chi connectivity index (χ0n) is 13.1. The number of para-hydroxylation sites is 1. The average Bonchev–Trinajstić information content (AvgIpc) is 2.64. The fourth-order valence-corrected chi connectivity index (χ4v) is 2.48. The summed E-state index contributed by atoms with van der Waals surface area (Å²) >= 11 is 3.35. The van der Waals surface area contributed by atoms with Crippen molar-refractivity contribution in [3.8, 4) is 0 Å². The van der Waals surface area contributed by atoms with E-state index in [0.717, 1.165) is 4.47 Å². The van der Waals surface area contributed by atoms with Gasteiger partial charge in [-0.1, -0.05) is 28.1 Å². The third-order valence-corrected chi connectivity index (χ3v) is 3.99. The Balaban J connectivity index is 1.79. The molecular formula is C19H14BrN3O2. The van der Waals surface area contributed by atoms with Gasteiger partial charge in [0.1, 0.15) is 0 Å². The van der Waals surface area contributed by atoms with E-state index in [1.807, 2.05) is 12.1 Å². The van der Waals surface area contributed by atoms with Crippen LogP contribution in [-0.4, -0.2) is 16.8 Å². The molecule has 124 valence electrons. The molecule has 0 fully saturated rings. The smallest absolute Gasteiger partial charge is 0.257 e. The van der Waals surface area contributed by atoms with Crippen LogP contribution in [0.2, 0.25) is 0 Å². The van der Waals surface area contributed by atoms with Crippen LogP contribution in [-0.2, 0) is 0 Å². The third kappa shape index (κ3) is 4.30. The lowest BCUT2D eigenvalue weighted by Gasteiger charge is -2.11. The second-order valence-corrected chi connectivity index (χ2v) is 6.11. The van der Waals surface area contributed by atoms with Gasteiger partial charge in [0, 0.05) is 28.1 Å². The number of amides is 2. The number of carbonyl (C=O) groups is 2. The molecule has 0 saturated carbocycles. The van der Waals surface area contributed by atoms with E-state index >= 15 is 0 Å². The van der Waals surface area contributed by atoms with Crippen LogP contribution in [0.1, 0.15) is 20.7 Å². The first-order chi connectivity index (χ1) is 12.1. The molecule has 2 N–H and O–H groups in total. The summed E-state index contributed by atoms with van der Waals surface area (Å²) in [5.41, 5.74) is 1.97. The number of nitrogens with zero attached hydrogens (tertiary/aromatic N) is 1. The summed E-state index contributed by atoms with van der Waals surface area (Å²) < 4.78 is 0.926. The molecule has 1 heterocycles. The number of nitrogens with one attached hydrogen (secondary N) is 2. The Morgan fingerprint density at radius 1 is 0.800 bits per heavy atom. The zero-order valence-corrected chi connectivity index (χ0v) is 14.7. The van der Waals surface area contributed by atoms with Crippen molar-refractivity contribution in [1.29, 1.82) is 0 Å². The van der Waals surface area contributed by atoms with Crippen LogP contribution in [0.15, 0.2) is 77.5 Å². The Bertz CT molecular complexity index is 896. The molecule has 5 nitrogen and oxygen atoms in total. The van der Waals surface area contributed by atoms with Gasteiger partial charge >= 0.3 is 0 Å². The fourth-order valence-electron chi connectivity index (χ4n) is 2.22. The number of carbonyl (C=O) groups excluding carboxylic acids is 2. The van der Waals surface area contributed by atoms with E-state index in [4.69, 9.17) is 0 Å². The molecule has 2 aromatic carbocycles. The number of aromatic nitrogens is 1. The predicted molar refractivity (Wildman–Crippen MR) is 101 cm³/mol. The van der Waals surface area contributed by atoms with E-state index < -0.39 is 0 Å².